The van der Waals surface area contributed by atoms with Crippen LogP contribution in [0.15, 0.2) is 0 Å². The van der Waals surface area contributed by atoms with Crippen molar-refractivity contribution in [3.05, 3.63) is 0 Å². The van der Waals surface area contributed by atoms with Gasteiger partial charge in [0, 0.05) is 0 Å². The second-order valence-corrected chi connectivity index (χ2v) is 3.08. The van der Waals surface area contributed by atoms with E-state index in [-0.39, 0.29) is 175 Å². The topological polar surface area (TPSA) is 282 Å². The largest absolute Gasteiger partial charge is 2.00 e. The van der Waals surface area contributed by atoms with Crippen molar-refractivity contribution < 1.29 is 99.9 Å². The van der Waals surface area contributed by atoms with Crippen molar-refractivity contribution in [2.45, 2.75) is 0 Å². The maximum absolute atomic E-state index is 8.88. The maximum atomic E-state index is 8.88. The van der Waals surface area contributed by atoms with E-state index in [1.165, 1.54) is 0 Å². The Kier molecular flexibility index (Phi) is 123. The fourth-order valence-electron chi connectivity index (χ4n) is 0. The fraction of sp³-hybridized carbons (Fsp3) is 0. The van der Waals surface area contributed by atoms with Gasteiger partial charge in [-0.1, -0.05) is 0 Å². The van der Waals surface area contributed by atoms with Crippen LogP contribution in [0.25, 0.3) is 0 Å². The van der Waals surface area contributed by atoms with E-state index in [9.17, 15) is 0 Å². The Hall–Kier alpha value is 4.84. The van der Waals surface area contributed by atoms with Crippen molar-refractivity contribution >= 4 is 129 Å². The van der Waals surface area contributed by atoms with Crippen molar-refractivity contribution in [3.63, 3.8) is 0 Å². The third-order valence-electron chi connectivity index (χ3n) is 0. The molecule has 12 nitrogen and oxygen atoms in total. The van der Waals surface area contributed by atoms with Crippen molar-refractivity contribution in [1.82, 2.24) is 0 Å². The minimum atomic E-state index is -4.64. The van der Waals surface area contributed by atoms with Crippen LogP contribution >= 0.6 is 15.6 Å². The van der Waals surface area contributed by atoms with Crippen LogP contribution in [0.3, 0.4) is 0 Å². The van der Waals surface area contributed by atoms with Gasteiger partial charge in [-0.15, -0.1) is 0 Å². The van der Waals surface area contributed by atoms with Crippen LogP contribution in [0.1, 0.15) is 9.99 Å². The molecule has 110 valence electrons. The Bertz CT molecular complexity index is 159. The summed E-state index contributed by atoms with van der Waals surface area (Å²) in [5.74, 6) is 0. The summed E-state index contributed by atoms with van der Waals surface area (Å²) in [4.78, 5) is 43.1. The summed E-state index contributed by atoms with van der Waals surface area (Å²) in [7, 11) is -9.28. The number of hydrogen-bond donors (Lipinski definition) is 6. The average Bonchev–Trinajstić information content (AvgIpc) is 1.12. The van der Waals surface area contributed by atoms with Crippen LogP contribution in [-0.2, 0) is 9.13 Å². The summed E-state index contributed by atoms with van der Waals surface area (Å²) in [5.41, 5.74) is 0. The molecule has 14 N–H and O–H groups in total. The first kappa shape index (κ1) is 66.1. The van der Waals surface area contributed by atoms with E-state index < -0.39 is 15.6 Å². The first-order chi connectivity index (χ1) is 4.00. The van der Waals surface area contributed by atoms with E-state index in [1.54, 1.807) is 0 Å². The van der Waals surface area contributed by atoms with Gasteiger partial charge in [-0.25, -0.2) is 9.13 Å². The van der Waals surface area contributed by atoms with E-state index in [0.717, 1.165) is 0 Å². The van der Waals surface area contributed by atoms with Crippen LogP contribution < -0.4 is 29.6 Å². The molecule has 18 heteroatoms. The van der Waals surface area contributed by atoms with Gasteiger partial charge in [0.15, 0.2) is 0 Å². The molecule has 18 heavy (non-hydrogen) atoms. The molecule has 0 aromatic heterocycles. The molecule has 0 bridgehead atoms. The Labute approximate surface area is 224 Å². The van der Waals surface area contributed by atoms with Crippen LogP contribution in [-0.4, -0.2) is 164 Å². The van der Waals surface area contributed by atoms with Crippen molar-refractivity contribution in [1.29, 1.82) is 0 Å². The zero-order chi connectivity index (χ0) is 9.00. The zero-order valence-corrected chi connectivity index (χ0v) is 19.9. The molecule has 0 aliphatic rings. The second-order valence-electron chi connectivity index (χ2n) is 1.03. The molecule has 0 rings (SSSR count). The van der Waals surface area contributed by atoms with Gasteiger partial charge in [0.25, 0.3) is 0 Å². The first-order valence-corrected chi connectivity index (χ1v) is 4.70. The van der Waals surface area contributed by atoms with Crippen molar-refractivity contribution in [3.8, 4) is 0 Å². The quantitative estimate of drug-likeness (QED) is 0.162. The molecular weight excluding hydrogens is 397 g/mol. The molecule has 0 fully saturated rings. The van der Waals surface area contributed by atoms with Gasteiger partial charge in [0.1, 0.15) is 0 Å². The van der Waals surface area contributed by atoms with Gasteiger partial charge in [-0.3, -0.25) is 0 Å². The van der Waals surface area contributed by atoms with E-state index >= 15 is 0 Å². The monoisotopic (exact) mass is 418 g/mol. The summed E-state index contributed by atoms with van der Waals surface area (Å²) in [6.45, 7) is 0. The zero-order valence-electron chi connectivity index (χ0n) is 16.5. The molecule has 0 saturated carbocycles. The summed E-state index contributed by atoms with van der Waals surface area (Å²) < 4.78 is 17.8. The Balaban J connectivity index is -0.00000000213. The minimum Gasteiger partial charge on any atom is -1.00 e. The Morgan fingerprint density at radius 1 is 0.556 bits per heavy atom. The molecule has 0 heterocycles. The van der Waals surface area contributed by atoms with Gasteiger partial charge < -0.3 is 61.3 Å². The minimum absolute atomic E-state index is 0. The summed E-state index contributed by atoms with van der Waals surface area (Å²) >= 11 is 0. The normalized spacial score (nSPS) is 6.56. The summed E-state index contributed by atoms with van der Waals surface area (Å²) in [6.07, 6.45) is 0. The molecule has 0 radical (unpaired) electrons. The Morgan fingerprint density at radius 3 is 0.556 bits per heavy atom. The molecule has 0 aliphatic heterocycles. The van der Waals surface area contributed by atoms with E-state index in [1.807, 2.05) is 0 Å². The van der Waals surface area contributed by atoms with Gasteiger partial charge in [0.05, 0.1) is 0 Å². The summed E-state index contributed by atoms with van der Waals surface area (Å²) in [5, 5.41) is 0. The van der Waals surface area contributed by atoms with Gasteiger partial charge in [-0.05, 0) is 0 Å². The molecular formula is H21Ca3NaO12P2. The average molecular weight is 418 g/mol. The predicted octanol–water partition coefficient (Wildman–Crippen LogP) is -8.51. The number of hydrogen-bond acceptors (Lipinski definition) is 2. The van der Waals surface area contributed by atoms with Gasteiger partial charge in [0.2, 0.25) is 0 Å². The molecule has 0 aromatic rings. The molecule has 0 saturated heterocycles. The van der Waals surface area contributed by atoms with E-state index in [0.29, 0.717) is 0 Å². The van der Waals surface area contributed by atoms with E-state index in [2.05, 4.69) is 0 Å². The fourth-order valence-corrected chi connectivity index (χ4v) is 0. The molecule has 0 aliphatic carbocycles. The van der Waals surface area contributed by atoms with Crippen LogP contribution in [0.2, 0.25) is 0 Å². The third-order valence-corrected chi connectivity index (χ3v) is 0. The smallest absolute Gasteiger partial charge is 1.00 e. The standard InChI is InChI=1S/3Ca.Na.2H3O4P.4H2O.7H/c;;;;2*1-5(2,3)4;;;;;;;;;;;/h;;;;2*(H3,1,2,3,4);4*1H2;;;;;;;/q3*+2;+1;;;;;;;7*-1. The third kappa shape index (κ3) is 350. The first-order valence-electron chi connectivity index (χ1n) is 1.57. The maximum Gasteiger partial charge on any atom is 2.00 e. The SMILES string of the molecule is O.O.O.O.O=P(O)(O)O.O=P(O)(O)O.[Ca+2].[Ca+2].[Ca+2].[H-].[H-].[H-].[H-].[H-].[H-].[H-].[Na+]. The second kappa shape index (κ2) is 33.4. The Morgan fingerprint density at radius 2 is 0.556 bits per heavy atom. The molecule has 0 amide bonds. The molecule has 0 spiro atoms. The van der Waals surface area contributed by atoms with Crippen molar-refractivity contribution in [2.24, 2.45) is 0 Å². The van der Waals surface area contributed by atoms with E-state index in [4.69, 9.17) is 38.5 Å². The van der Waals surface area contributed by atoms with Gasteiger partial charge >= 0.3 is 158 Å². The molecule has 0 atom stereocenters. The van der Waals surface area contributed by atoms with Gasteiger partial charge in [-0.2, -0.15) is 0 Å². The van der Waals surface area contributed by atoms with Crippen LogP contribution in [0.5, 0.6) is 0 Å². The van der Waals surface area contributed by atoms with Crippen LogP contribution in [0, 0.1) is 0 Å². The van der Waals surface area contributed by atoms with Crippen molar-refractivity contribution in [2.75, 3.05) is 0 Å². The van der Waals surface area contributed by atoms with Crippen LogP contribution in [0.4, 0.5) is 0 Å². The molecule has 0 unspecified atom stereocenters. The summed E-state index contributed by atoms with van der Waals surface area (Å²) in [6, 6.07) is 0. The number of phosphoric acid groups is 2. The molecule has 0 aromatic carbocycles. The number of rotatable bonds is 0. The predicted molar refractivity (Wildman–Crippen MR) is 68.0 cm³/mol.